The molecule has 2 N–H and O–H groups in total. The Hall–Kier alpha value is -2.89. The molecule has 0 fully saturated rings. The third kappa shape index (κ3) is 4.16. The largest absolute Gasteiger partial charge is 0.480 e. The third-order valence-electron chi connectivity index (χ3n) is 4.66. The Bertz CT molecular complexity index is 1050. The Morgan fingerprint density at radius 3 is 2.64 bits per heavy atom. The second-order valence-electron chi connectivity index (χ2n) is 6.72. The zero-order valence-electron chi connectivity index (χ0n) is 15.3. The van der Waals surface area contributed by atoms with Crippen LogP contribution in [0, 0.1) is 18.3 Å². The van der Waals surface area contributed by atoms with Crippen molar-refractivity contribution in [3.8, 4) is 6.07 Å². The van der Waals surface area contributed by atoms with E-state index in [4.69, 9.17) is 4.42 Å². The van der Waals surface area contributed by atoms with Crippen molar-refractivity contribution in [3.05, 3.63) is 65.1 Å². The fourth-order valence-electron chi connectivity index (χ4n) is 3.15. The fraction of sp³-hybridized carbons (Fsp3) is 0.300. The van der Waals surface area contributed by atoms with Crippen LogP contribution in [0.1, 0.15) is 53.9 Å². The number of aliphatic carboxylic acids is 1. The van der Waals surface area contributed by atoms with Gasteiger partial charge in [-0.15, -0.1) is 0 Å². The number of carbonyl (C=O) groups is 1. The number of aryl methyl sites for hydroxylation is 1. The molecule has 1 aromatic heterocycles. The van der Waals surface area contributed by atoms with Crippen molar-refractivity contribution in [2.45, 2.75) is 43.0 Å². The lowest BCUT2D eigenvalue weighted by Gasteiger charge is -2.14. The summed E-state index contributed by atoms with van der Waals surface area (Å²) in [7, 11) is -4.11. The van der Waals surface area contributed by atoms with Gasteiger partial charge >= 0.3 is 5.97 Å². The third-order valence-corrected chi connectivity index (χ3v) is 6.10. The van der Waals surface area contributed by atoms with Gasteiger partial charge in [0.1, 0.15) is 17.9 Å². The maximum absolute atomic E-state index is 12.6. The summed E-state index contributed by atoms with van der Waals surface area (Å²) in [6.07, 6.45) is 6.71. The van der Waals surface area contributed by atoms with Gasteiger partial charge in [-0.05, 0) is 44.4 Å². The number of carboxylic acid groups (broad SMARTS) is 1. The Labute approximate surface area is 163 Å². The Morgan fingerprint density at radius 2 is 2.07 bits per heavy atom. The van der Waals surface area contributed by atoms with Gasteiger partial charge in [-0.3, -0.25) is 4.79 Å². The molecule has 7 nitrogen and oxygen atoms in total. The molecular formula is C20H20N2O5S. The number of allylic oxidation sites excluding steroid dienone is 2. The van der Waals surface area contributed by atoms with Gasteiger partial charge in [0.15, 0.2) is 0 Å². The van der Waals surface area contributed by atoms with Crippen LogP contribution in [0.2, 0.25) is 0 Å². The van der Waals surface area contributed by atoms with E-state index in [9.17, 15) is 23.6 Å². The van der Waals surface area contributed by atoms with Gasteiger partial charge in [-0.25, -0.2) is 8.42 Å². The monoisotopic (exact) mass is 400 g/mol. The van der Waals surface area contributed by atoms with Crippen LogP contribution in [0.15, 0.2) is 51.8 Å². The zero-order valence-corrected chi connectivity index (χ0v) is 16.1. The number of hydrogen-bond donors (Lipinski definition) is 2. The molecule has 1 heterocycles. The van der Waals surface area contributed by atoms with Crippen LogP contribution in [0.5, 0.6) is 0 Å². The first kappa shape index (κ1) is 19.9. The molecule has 0 amide bonds. The molecule has 0 aliphatic heterocycles. The highest BCUT2D eigenvalue weighted by Gasteiger charge is 2.32. The molecule has 0 bridgehead atoms. The van der Waals surface area contributed by atoms with Crippen LogP contribution in [-0.2, 0) is 14.8 Å². The van der Waals surface area contributed by atoms with Crippen LogP contribution in [0.3, 0.4) is 0 Å². The topological polar surface area (TPSA) is 120 Å². The van der Waals surface area contributed by atoms with Crippen molar-refractivity contribution in [1.29, 1.82) is 5.26 Å². The van der Waals surface area contributed by atoms with Gasteiger partial charge in [0.05, 0.1) is 4.90 Å². The number of hydrogen-bond acceptors (Lipinski definition) is 5. The number of nitrogens with one attached hydrogen (secondary N) is 1. The molecule has 0 radical (unpaired) electrons. The first-order chi connectivity index (χ1) is 13.3. The molecule has 3 rings (SSSR count). The molecule has 0 spiro atoms. The van der Waals surface area contributed by atoms with Gasteiger partial charge in [0, 0.05) is 11.5 Å². The molecule has 1 aliphatic rings. The van der Waals surface area contributed by atoms with E-state index in [1.807, 2.05) is 25.1 Å². The lowest BCUT2D eigenvalue weighted by molar-refractivity contribution is -0.139. The Kier molecular flexibility index (Phi) is 5.68. The summed E-state index contributed by atoms with van der Waals surface area (Å²) in [6, 6.07) is 7.71. The highest BCUT2D eigenvalue weighted by atomic mass is 32.2. The number of rotatable bonds is 6. The molecule has 0 saturated heterocycles. The summed E-state index contributed by atoms with van der Waals surface area (Å²) in [5.74, 6) is -1.22. The molecule has 146 valence electrons. The minimum absolute atomic E-state index is 0.000315. The lowest BCUT2D eigenvalue weighted by atomic mass is 9.93. The van der Waals surface area contributed by atoms with Gasteiger partial charge in [-0.2, -0.15) is 9.98 Å². The lowest BCUT2D eigenvalue weighted by Crippen LogP contribution is -2.34. The summed E-state index contributed by atoms with van der Waals surface area (Å²) < 4.78 is 33.0. The van der Waals surface area contributed by atoms with Gasteiger partial charge in [-0.1, -0.05) is 29.8 Å². The maximum atomic E-state index is 12.6. The number of nitriles is 1. The van der Waals surface area contributed by atoms with Crippen LogP contribution in [0.4, 0.5) is 0 Å². The Balaban J connectivity index is 1.96. The number of carboxylic acids is 1. The predicted molar refractivity (Wildman–Crippen MR) is 101 cm³/mol. The van der Waals surface area contributed by atoms with Crippen molar-refractivity contribution in [3.63, 3.8) is 0 Å². The molecule has 1 aromatic carbocycles. The molecule has 2 aromatic rings. The smallest absolute Gasteiger partial charge is 0.326 e. The van der Waals surface area contributed by atoms with Crippen molar-refractivity contribution in [2.75, 3.05) is 0 Å². The number of benzene rings is 1. The van der Waals surface area contributed by atoms with Gasteiger partial charge in [0.2, 0.25) is 15.8 Å². The van der Waals surface area contributed by atoms with E-state index in [-0.39, 0.29) is 22.1 Å². The van der Waals surface area contributed by atoms with Crippen molar-refractivity contribution >= 4 is 16.0 Å². The van der Waals surface area contributed by atoms with Crippen LogP contribution < -0.4 is 4.72 Å². The van der Waals surface area contributed by atoms with Gasteiger partial charge in [0.25, 0.3) is 0 Å². The molecule has 0 saturated carbocycles. The van der Waals surface area contributed by atoms with Crippen molar-refractivity contribution in [2.24, 2.45) is 0 Å². The van der Waals surface area contributed by atoms with Crippen molar-refractivity contribution in [1.82, 2.24) is 4.72 Å². The van der Waals surface area contributed by atoms with E-state index in [0.29, 0.717) is 5.76 Å². The number of sulfonamides is 1. The summed E-state index contributed by atoms with van der Waals surface area (Å²) in [4.78, 5) is 11.8. The zero-order chi connectivity index (χ0) is 20.3. The molecule has 8 heteroatoms. The molecular weight excluding hydrogens is 380 g/mol. The summed E-state index contributed by atoms with van der Waals surface area (Å²) >= 11 is 0. The fourth-order valence-corrected chi connectivity index (χ4v) is 4.32. The van der Waals surface area contributed by atoms with Crippen LogP contribution in [0.25, 0.3) is 0 Å². The van der Waals surface area contributed by atoms with Crippen LogP contribution >= 0.6 is 0 Å². The second-order valence-corrected chi connectivity index (χ2v) is 8.43. The van der Waals surface area contributed by atoms with E-state index >= 15 is 0 Å². The van der Waals surface area contributed by atoms with Gasteiger partial charge < -0.3 is 9.52 Å². The minimum atomic E-state index is -4.11. The first-order valence-electron chi connectivity index (χ1n) is 8.84. The average Bonchev–Trinajstić information content (AvgIpc) is 3.11. The predicted octanol–water partition coefficient (Wildman–Crippen LogP) is 3.39. The number of nitrogens with zero attached hydrogens (tertiary/aromatic N) is 1. The summed E-state index contributed by atoms with van der Waals surface area (Å²) in [6.45, 7) is 1.82. The molecule has 2 atom stereocenters. The quantitative estimate of drug-likeness (QED) is 0.717. The van der Waals surface area contributed by atoms with E-state index in [0.717, 1.165) is 24.8 Å². The maximum Gasteiger partial charge on any atom is 0.326 e. The van der Waals surface area contributed by atoms with E-state index < -0.39 is 22.0 Å². The van der Waals surface area contributed by atoms with Crippen LogP contribution in [-0.4, -0.2) is 19.5 Å². The van der Waals surface area contributed by atoms with Crippen molar-refractivity contribution < 1.29 is 22.7 Å². The molecule has 28 heavy (non-hydrogen) atoms. The summed E-state index contributed by atoms with van der Waals surface area (Å²) in [5.41, 5.74) is 0.875. The average molecular weight is 400 g/mol. The highest BCUT2D eigenvalue weighted by molar-refractivity contribution is 7.89. The minimum Gasteiger partial charge on any atom is -0.480 e. The molecule has 1 aliphatic carbocycles. The van der Waals surface area contributed by atoms with E-state index in [2.05, 4.69) is 4.72 Å². The van der Waals surface area contributed by atoms with E-state index in [1.54, 1.807) is 12.1 Å². The van der Waals surface area contributed by atoms with E-state index in [1.165, 1.54) is 18.2 Å². The SMILES string of the molecule is Cc1ccc(S(=O)(=O)NC(C(=O)O)c2cc(C3C=CCCC3)oc2C#N)cc1. The Morgan fingerprint density at radius 1 is 1.36 bits per heavy atom. The second kappa shape index (κ2) is 8.00. The number of furan rings is 1. The summed E-state index contributed by atoms with van der Waals surface area (Å²) in [5, 5.41) is 19.0. The standard InChI is InChI=1S/C20H20N2O5S/c1-13-7-9-15(10-8-13)28(25,26)22-19(20(23)24)16-11-17(27-18(16)12-21)14-5-3-2-4-6-14/h3,5,7-11,14,19,22H,2,4,6H2,1H3,(H,23,24). The highest BCUT2D eigenvalue weighted by Crippen LogP contribution is 2.33. The molecule has 2 unspecified atom stereocenters. The normalized spacial score (nSPS) is 17.8. The first-order valence-corrected chi connectivity index (χ1v) is 10.3.